The lowest BCUT2D eigenvalue weighted by molar-refractivity contribution is -0.143. The molecular weight excluding hydrogens is 790 g/mol. The van der Waals surface area contributed by atoms with Gasteiger partial charge < -0.3 is 63.5 Å². The molecule has 0 unspecified atom stereocenters. The van der Waals surface area contributed by atoms with E-state index in [0.29, 0.717) is 5.69 Å². The number of rotatable bonds is 24. The van der Waals surface area contributed by atoms with E-state index in [9.17, 15) is 58.2 Å². The van der Waals surface area contributed by atoms with Crippen LogP contribution in [-0.2, 0) is 54.4 Å². The second kappa shape index (κ2) is 24.1. The van der Waals surface area contributed by atoms with Crippen LogP contribution in [0.1, 0.15) is 81.4 Å². The number of carboxylic acids is 2. The molecule has 8 amide bonds. The quantitative estimate of drug-likeness (QED) is 0.0487. The molecule has 0 bridgehead atoms. The number of carboxylic acid groups (broad SMARTS) is 2. The van der Waals surface area contributed by atoms with Gasteiger partial charge in [0.05, 0.1) is 18.8 Å². The number of amides is 8. The van der Waals surface area contributed by atoms with Crippen LogP contribution in [0.3, 0.4) is 0 Å². The minimum Gasteiger partial charge on any atom is -0.481 e. The Hall–Kier alpha value is -6.13. The molecule has 0 radical (unpaired) electrons. The maximum Gasteiger partial charge on any atom is 0.326 e. The van der Waals surface area contributed by atoms with Gasteiger partial charge in [0.15, 0.2) is 0 Å². The fourth-order valence-corrected chi connectivity index (χ4v) is 5.32. The van der Waals surface area contributed by atoms with E-state index in [-0.39, 0.29) is 6.42 Å². The van der Waals surface area contributed by atoms with Gasteiger partial charge in [0, 0.05) is 18.3 Å². The van der Waals surface area contributed by atoms with Crippen LogP contribution in [0.5, 0.6) is 0 Å². The van der Waals surface area contributed by atoms with Crippen molar-refractivity contribution < 1.29 is 58.2 Å². The molecule has 1 heterocycles. The second-order valence-electron chi connectivity index (χ2n) is 15.5. The molecule has 1 aromatic heterocycles. The predicted octanol–water partition coefficient (Wildman–Crippen LogP) is -3.24. The number of hydrogen-bond donors (Lipinski definition) is 12. The van der Waals surface area contributed by atoms with Crippen molar-refractivity contribution in [1.29, 1.82) is 0 Å². The number of nitrogens with zero attached hydrogens (tertiary/aromatic N) is 1. The molecule has 60 heavy (non-hydrogen) atoms. The number of carbonyl (C=O) groups is 10. The lowest BCUT2D eigenvalue weighted by atomic mass is 10.0. The third-order valence-corrected chi connectivity index (χ3v) is 9.02. The predicted molar refractivity (Wildman–Crippen MR) is 213 cm³/mol. The van der Waals surface area contributed by atoms with E-state index in [0.717, 1.165) is 0 Å². The van der Waals surface area contributed by atoms with E-state index in [1.165, 1.54) is 40.2 Å². The molecule has 0 aliphatic heterocycles. The van der Waals surface area contributed by atoms with Crippen LogP contribution in [-0.4, -0.2) is 134 Å². The second-order valence-corrected chi connectivity index (χ2v) is 15.5. The zero-order valence-corrected chi connectivity index (χ0v) is 35.5. The standard InChI is InChI=1S/C37H61N11O12/c1-15(2)26(46-29(51)18(7)38)35(57)43-20(9)31(53)44-24(12-25(49)50)33(55)45-23(11-22-13-39-14-40-22)34(56)47-27(16(3)4)36(58)42-19(8)30(52)41-21(10)32(54)48-28(17(5)6)37(59)60/h13-21,23-24,26-28H,11-12,38H2,1-10H3,(H,39,40)(H,41,52)(H,42,58)(H,43,57)(H,44,53)(H,45,55)(H,46,51)(H,47,56)(H,48,54)(H,49,50)(H,59,60)/t18-,19-,20-,21-,23-,24-,26-,27-,28-/m0/s1. The number of H-pyrrole nitrogens is 1. The molecule has 13 N–H and O–H groups in total. The monoisotopic (exact) mass is 851 g/mol. The van der Waals surface area contributed by atoms with Crippen LogP contribution < -0.4 is 48.3 Å². The summed E-state index contributed by atoms with van der Waals surface area (Å²) >= 11 is 0. The molecular formula is C37H61N11O12. The molecule has 23 nitrogen and oxygen atoms in total. The van der Waals surface area contributed by atoms with E-state index >= 15 is 0 Å². The van der Waals surface area contributed by atoms with E-state index < -0.39 is 138 Å². The topological polar surface area (TPSA) is 362 Å². The Morgan fingerprint density at radius 1 is 0.533 bits per heavy atom. The van der Waals surface area contributed by atoms with Crippen molar-refractivity contribution in [3.05, 3.63) is 18.2 Å². The summed E-state index contributed by atoms with van der Waals surface area (Å²) in [6.07, 6.45) is 1.47. The molecule has 0 aliphatic rings. The smallest absolute Gasteiger partial charge is 0.326 e. The average Bonchev–Trinajstić information content (AvgIpc) is 3.66. The third kappa shape index (κ3) is 17.0. The summed E-state index contributed by atoms with van der Waals surface area (Å²) in [5, 5.41) is 38.3. The fraction of sp³-hybridized carbons (Fsp3) is 0.649. The fourth-order valence-electron chi connectivity index (χ4n) is 5.32. The summed E-state index contributed by atoms with van der Waals surface area (Å²) < 4.78 is 0. The Labute approximate surface area is 347 Å². The first-order valence-corrected chi connectivity index (χ1v) is 19.4. The van der Waals surface area contributed by atoms with Crippen molar-refractivity contribution in [2.75, 3.05) is 0 Å². The molecule has 9 atom stereocenters. The highest BCUT2D eigenvalue weighted by atomic mass is 16.4. The van der Waals surface area contributed by atoms with Gasteiger partial charge in [-0.2, -0.15) is 0 Å². The number of nitrogens with two attached hydrogens (primary N) is 1. The summed E-state index contributed by atoms with van der Waals surface area (Å²) in [7, 11) is 0. The van der Waals surface area contributed by atoms with Crippen LogP contribution in [0.15, 0.2) is 12.5 Å². The van der Waals surface area contributed by atoms with Crippen LogP contribution in [0.2, 0.25) is 0 Å². The zero-order valence-electron chi connectivity index (χ0n) is 35.5. The highest BCUT2D eigenvalue weighted by molar-refractivity contribution is 5.98. The summed E-state index contributed by atoms with van der Waals surface area (Å²) in [6, 6.07) is -11.5. The van der Waals surface area contributed by atoms with Gasteiger partial charge in [0.2, 0.25) is 47.3 Å². The molecule has 0 saturated heterocycles. The molecule has 0 aromatic carbocycles. The highest BCUT2D eigenvalue weighted by Crippen LogP contribution is 2.08. The molecule has 0 spiro atoms. The van der Waals surface area contributed by atoms with Gasteiger partial charge in [-0.25, -0.2) is 9.78 Å². The van der Waals surface area contributed by atoms with Crippen LogP contribution in [0.25, 0.3) is 0 Å². The van der Waals surface area contributed by atoms with E-state index in [1.807, 2.05) is 0 Å². The minimum absolute atomic E-state index is 0.244. The largest absolute Gasteiger partial charge is 0.481 e. The SMILES string of the molecule is CC(C)[C@H](NC(=O)[C@H](C)NC(=O)[C@H](C)NC(=O)[C@@H](NC(=O)[C@H](Cc1cnc[nH]1)NC(=O)[C@H](CC(=O)O)NC(=O)[C@H](C)NC(=O)[C@@H](NC(=O)[C@H](C)N)C(C)C)C(C)C)C(=O)O. The number of carbonyl (C=O) groups excluding carboxylic acids is 8. The van der Waals surface area contributed by atoms with E-state index in [2.05, 4.69) is 52.5 Å². The third-order valence-electron chi connectivity index (χ3n) is 9.02. The Morgan fingerprint density at radius 3 is 1.32 bits per heavy atom. The molecule has 0 aliphatic carbocycles. The van der Waals surface area contributed by atoms with Gasteiger partial charge in [-0.15, -0.1) is 0 Å². The average molecular weight is 852 g/mol. The Kier molecular flexibility index (Phi) is 20.8. The normalized spacial score (nSPS) is 15.7. The molecule has 0 saturated carbocycles. The molecule has 0 fully saturated rings. The number of nitrogens with one attached hydrogen (secondary N) is 9. The van der Waals surface area contributed by atoms with Gasteiger partial charge in [-0.1, -0.05) is 41.5 Å². The first-order chi connectivity index (χ1) is 27.8. The van der Waals surface area contributed by atoms with Gasteiger partial charge >= 0.3 is 11.9 Å². The Bertz CT molecular complexity index is 1700. The minimum atomic E-state index is -1.77. The molecule has 23 heteroatoms. The van der Waals surface area contributed by atoms with Crippen molar-refractivity contribution in [3.63, 3.8) is 0 Å². The van der Waals surface area contributed by atoms with Gasteiger partial charge in [-0.3, -0.25) is 43.2 Å². The first kappa shape index (κ1) is 51.9. The molecule has 336 valence electrons. The van der Waals surface area contributed by atoms with Crippen molar-refractivity contribution in [1.82, 2.24) is 52.5 Å². The molecule has 1 rings (SSSR count). The number of hydrogen-bond acceptors (Lipinski definition) is 12. The lowest BCUT2D eigenvalue weighted by Crippen LogP contribution is -2.61. The van der Waals surface area contributed by atoms with Gasteiger partial charge in [0.1, 0.15) is 48.3 Å². The van der Waals surface area contributed by atoms with Crippen molar-refractivity contribution in [2.24, 2.45) is 23.5 Å². The Morgan fingerprint density at radius 2 is 0.917 bits per heavy atom. The maximum absolute atomic E-state index is 13.8. The maximum atomic E-state index is 13.8. The summed E-state index contributed by atoms with van der Waals surface area (Å²) in [5.74, 6) is -11.0. The van der Waals surface area contributed by atoms with E-state index in [4.69, 9.17) is 5.73 Å². The van der Waals surface area contributed by atoms with Crippen molar-refractivity contribution in [2.45, 2.75) is 136 Å². The van der Waals surface area contributed by atoms with Gasteiger partial charge in [-0.05, 0) is 45.4 Å². The van der Waals surface area contributed by atoms with Crippen molar-refractivity contribution in [3.8, 4) is 0 Å². The first-order valence-electron chi connectivity index (χ1n) is 19.4. The van der Waals surface area contributed by atoms with E-state index in [1.54, 1.807) is 41.5 Å². The highest BCUT2D eigenvalue weighted by Gasteiger charge is 2.35. The summed E-state index contributed by atoms with van der Waals surface area (Å²) in [6.45, 7) is 15.0. The van der Waals surface area contributed by atoms with Crippen LogP contribution in [0, 0.1) is 17.8 Å². The summed E-state index contributed by atoms with van der Waals surface area (Å²) in [5.41, 5.74) is 5.94. The number of aromatic amines is 1. The van der Waals surface area contributed by atoms with Gasteiger partial charge in [0.25, 0.3) is 0 Å². The Balaban J connectivity index is 3.17. The van der Waals surface area contributed by atoms with Crippen molar-refractivity contribution >= 4 is 59.2 Å². The van der Waals surface area contributed by atoms with Crippen LogP contribution in [0.4, 0.5) is 0 Å². The lowest BCUT2D eigenvalue weighted by Gasteiger charge is -2.28. The number of aliphatic carboxylic acids is 2. The molecule has 1 aromatic rings. The number of aromatic nitrogens is 2. The zero-order chi connectivity index (χ0) is 46.2. The van der Waals surface area contributed by atoms with Crippen LogP contribution >= 0.6 is 0 Å². The number of imidazole rings is 1. The summed E-state index contributed by atoms with van der Waals surface area (Å²) in [4.78, 5) is 135.